The lowest BCUT2D eigenvalue weighted by molar-refractivity contribution is -0.115. The first-order valence-electron chi connectivity index (χ1n) is 5.43. The maximum absolute atomic E-state index is 11.3. The molecule has 6 heteroatoms. The number of hydrogen-bond acceptors (Lipinski definition) is 5. The molecule has 0 saturated heterocycles. The third kappa shape index (κ3) is 3.00. The van der Waals surface area contributed by atoms with E-state index < -0.39 is 0 Å². The van der Waals surface area contributed by atoms with E-state index in [0.717, 1.165) is 20.3 Å². The Hall–Kier alpha value is -1.58. The van der Waals surface area contributed by atoms with Gasteiger partial charge in [-0.2, -0.15) is 5.26 Å². The van der Waals surface area contributed by atoms with Crippen LogP contribution in [0, 0.1) is 11.3 Å². The van der Waals surface area contributed by atoms with Crippen LogP contribution >= 0.6 is 23.1 Å². The van der Waals surface area contributed by atoms with Crippen LogP contribution in [0.15, 0.2) is 22.5 Å². The summed E-state index contributed by atoms with van der Waals surface area (Å²) >= 11 is 3.32. The maximum atomic E-state index is 11.3. The van der Waals surface area contributed by atoms with Gasteiger partial charge in [0.1, 0.15) is 6.42 Å². The van der Waals surface area contributed by atoms with Crippen LogP contribution in [0.5, 0.6) is 0 Å². The Morgan fingerprint density at radius 3 is 3.17 bits per heavy atom. The first-order valence-corrected chi connectivity index (χ1v) is 7.23. The van der Waals surface area contributed by atoms with Crippen molar-refractivity contribution in [2.75, 3.05) is 11.1 Å². The second-order valence-electron chi connectivity index (χ2n) is 3.48. The fraction of sp³-hybridized carbons (Fsp3) is 0.250. The Kier molecular flexibility index (Phi) is 4.18. The number of aromatic nitrogens is 1. The Morgan fingerprint density at radius 2 is 2.44 bits per heavy atom. The van der Waals surface area contributed by atoms with E-state index in [4.69, 9.17) is 5.26 Å². The summed E-state index contributed by atoms with van der Waals surface area (Å²) in [5.41, 5.74) is 1.65. The number of rotatable bonds is 4. The van der Waals surface area contributed by atoms with Crippen molar-refractivity contribution in [2.45, 2.75) is 17.7 Å². The molecule has 0 atom stereocenters. The summed E-state index contributed by atoms with van der Waals surface area (Å²) < 4.78 is 2.08. The number of carbonyl (C=O) groups excluding carboxylic acids is 1. The summed E-state index contributed by atoms with van der Waals surface area (Å²) in [5, 5.41) is 11.1. The van der Waals surface area contributed by atoms with Crippen molar-refractivity contribution in [2.24, 2.45) is 0 Å². The Morgan fingerprint density at radius 1 is 1.61 bits per heavy atom. The van der Waals surface area contributed by atoms with Gasteiger partial charge < -0.3 is 5.32 Å². The Balaban J connectivity index is 2.21. The fourth-order valence-electron chi connectivity index (χ4n) is 1.44. The smallest absolute Gasteiger partial charge is 0.238 e. The first-order chi connectivity index (χ1) is 8.72. The number of thiazole rings is 1. The topological polar surface area (TPSA) is 65.8 Å². The zero-order valence-electron chi connectivity index (χ0n) is 9.77. The lowest BCUT2D eigenvalue weighted by atomic mass is 10.3. The summed E-state index contributed by atoms with van der Waals surface area (Å²) in [6.45, 7) is 2.09. The van der Waals surface area contributed by atoms with Gasteiger partial charge >= 0.3 is 0 Å². The normalized spacial score (nSPS) is 10.2. The summed E-state index contributed by atoms with van der Waals surface area (Å²) in [5.74, 6) is 0.704. The summed E-state index contributed by atoms with van der Waals surface area (Å²) in [6, 6.07) is 7.40. The zero-order valence-corrected chi connectivity index (χ0v) is 11.4. The minimum absolute atomic E-state index is 0.127. The number of benzene rings is 1. The van der Waals surface area contributed by atoms with Crippen molar-refractivity contribution < 1.29 is 4.79 Å². The van der Waals surface area contributed by atoms with Gasteiger partial charge in [-0.1, -0.05) is 18.7 Å². The third-order valence-electron chi connectivity index (χ3n) is 2.16. The van der Waals surface area contributed by atoms with Crippen molar-refractivity contribution in [3.05, 3.63) is 18.2 Å². The molecule has 2 aromatic rings. The number of amides is 1. The van der Waals surface area contributed by atoms with Crippen molar-refractivity contribution in [3.8, 4) is 6.07 Å². The van der Waals surface area contributed by atoms with Crippen molar-refractivity contribution in [3.63, 3.8) is 0 Å². The third-order valence-corrected chi connectivity index (χ3v) is 4.20. The molecule has 0 saturated carbocycles. The van der Waals surface area contributed by atoms with Gasteiger partial charge in [-0.15, -0.1) is 11.3 Å². The van der Waals surface area contributed by atoms with Gasteiger partial charge in [-0.05, 0) is 24.0 Å². The number of hydrogen-bond donors (Lipinski definition) is 1. The predicted molar refractivity (Wildman–Crippen MR) is 74.9 cm³/mol. The molecule has 1 N–H and O–H groups in total. The molecule has 18 heavy (non-hydrogen) atoms. The quantitative estimate of drug-likeness (QED) is 0.871. The largest absolute Gasteiger partial charge is 0.325 e. The second kappa shape index (κ2) is 5.85. The van der Waals surface area contributed by atoms with Crippen LogP contribution in [0.3, 0.4) is 0 Å². The highest BCUT2D eigenvalue weighted by molar-refractivity contribution is 8.01. The van der Waals surface area contributed by atoms with E-state index in [1.165, 1.54) is 0 Å². The Labute approximate surface area is 113 Å². The van der Waals surface area contributed by atoms with Gasteiger partial charge in [0.05, 0.1) is 16.3 Å². The first kappa shape index (κ1) is 12.9. The van der Waals surface area contributed by atoms with E-state index in [1.54, 1.807) is 29.2 Å². The van der Waals surface area contributed by atoms with Gasteiger partial charge in [-0.25, -0.2) is 4.98 Å². The number of nitriles is 1. The molecule has 0 bridgehead atoms. The zero-order chi connectivity index (χ0) is 13.0. The maximum Gasteiger partial charge on any atom is 0.238 e. The van der Waals surface area contributed by atoms with Crippen LogP contribution in [0.4, 0.5) is 5.69 Å². The number of nitrogens with one attached hydrogen (secondary N) is 1. The summed E-state index contributed by atoms with van der Waals surface area (Å²) in [4.78, 5) is 15.8. The highest BCUT2D eigenvalue weighted by atomic mass is 32.2. The van der Waals surface area contributed by atoms with Crippen molar-refractivity contribution >= 4 is 44.9 Å². The molecule has 0 unspecified atom stereocenters. The van der Waals surface area contributed by atoms with E-state index in [9.17, 15) is 4.79 Å². The molecule has 1 aromatic heterocycles. The lowest BCUT2D eigenvalue weighted by Gasteiger charge is -2.01. The van der Waals surface area contributed by atoms with Crippen molar-refractivity contribution in [1.29, 1.82) is 5.26 Å². The van der Waals surface area contributed by atoms with Crippen LogP contribution in [0.2, 0.25) is 0 Å². The highest BCUT2D eigenvalue weighted by Gasteiger charge is 2.06. The molecule has 4 nitrogen and oxygen atoms in total. The molecular weight excluding hydrogens is 266 g/mol. The van der Waals surface area contributed by atoms with Crippen LogP contribution in [0.25, 0.3) is 10.2 Å². The number of fused-ring (bicyclic) bond motifs is 1. The Bertz CT molecular complexity index is 615. The van der Waals surface area contributed by atoms with Crippen LogP contribution in [-0.4, -0.2) is 16.6 Å². The molecule has 1 aromatic carbocycles. The molecule has 0 radical (unpaired) electrons. The molecule has 0 aliphatic rings. The van der Waals surface area contributed by atoms with Crippen LogP contribution < -0.4 is 5.32 Å². The molecule has 92 valence electrons. The van der Waals surface area contributed by atoms with E-state index in [-0.39, 0.29) is 12.3 Å². The summed E-state index contributed by atoms with van der Waals surface area (Å²) in [7, 11) is 0. The van der Waals surface area contributed by atoms with E-state index in [0.29, 0.717) is 5.69 Å². The number of thioether (sulfide) groups is 1. The van der Waals surface area contributed by atoms with Gasteiger partial charge in [-0.3, -0.25) is 4.79 Å². The van der Waals surface area contributed by atoms with E-state index in [1.807, 2.05) is 18.2 Å². The average Bonchev–Trinajstić information content (AvgIpc) is 2.71. The molecule has 0 fully saturated rings. The van der Waals surface area contributed by atoms with Crippen LogP contribution in [0.1, 0.15) is 13.3 Å². The SMILES string of the molecule is CCSc1nc2ccc(NC(=O)CC#N)cc2s1. The second-order valence-corrected chi connectivity index (χ2v) is 6.02. The molecule has 2 rings (SSSR count). The molecule has 1 heterocycles. The number of nitrogens with zero attached hydrogens (tertiary/aromatic N) is 2. The van der Waals surface area contributed by atoms with E-state index >= 15 is 0 Å². The minimum atomic E-state index is -0.287. The van der Waals surface area contributed by atoms with Gasteiger partial charge in [0.2, 0.25) is 5.91 Å². The lowest BCUT2D eigenvalue weighted by Crippen LogP contribution is -2.09. The van der Waals surface area contributed by atoms with Crippen LogP contribution in [-0.2, 0) is 4.79 Å². The number of carbonyl (C=O) groups is 1. The van der Waals surface area contributed by atoms with Gasteiger partial charge in [0.15, 0.2) is 4.34 Å². The molecule has 0 aliphatic carbocycles. The monoisotopic (exact) mass is 277 g/mol. The predicted octanol–water partition coefficient (Wildman–Crippen LogP) is 3.26. The van der Waals surface area contributed by atoms with Gasteiger partial charge in [0.25, 0.3) is 0 Å². The van der Waals surface area contributed by atoms with Gasteiger partial charge in [0, 0.05) is 5.69 Å². The summed E-state index contributed by atoms with van der Waals surface area (Å²) in [6.07, 6.45) is -0.127. The number of anilines is 1. The average molecular weight is 277 g/mol. The fourth-order valence-corrected chi connectivity index (χ4v) is 3.45. The molecule has 1 amide bonds. The van der Waals surface area contributed by atoms with Crippen molar-refractivity contribution in [1.82, 2.24) is 4.98 Å². The standard InChI is InChI=1S/C12H11N3OS2/c1-2-17-12-15-9-4-3-8(7-10(9)18-12)14-11(16)5-6-13/h3-4,7H,2,5H2,1H3,(H,14,16). The van der Waals surface area contributed by atoms with E-state index in [2.05, 4.69) is 17.2 Å². The molecule has 0 aliphatic heterocycles. The molecule has 0 spiro atoms. The minimum Gasteiger partial charge on any atom is -0.325 e. The molecular formula is C12H11N3OS2. The highest BCUT2D eigenvalue weighted by Crippen LogP contribution is 2.30.